The van der Waals surface area contributed by atoms with Gasteiger partial charge in [-0.3, -0.25) is 0 Å². The van der Waals surface area contributed by atoms with Crippen LogP contribution in [0.4, 0.5) is 0 Å². The van der Waals surface area contributed by atoms with Gasteiger partial charge in [0.2, 0.25) is 0 Å². The van der Waals surface area contributed by atoms with Crippen molar-refractivity contribution in [2.45, 2.75) is 26.2 Å². The summed E-state index contributed by atoms with van der Waals surface area (Å²) in [6, 6.07) is 16.2. The molecular formula is C17H21NO. The zero-order valence-electron chi connectivity index (χ0n) is 11.4. The van der Waals surface area contributed by atoms with Gasteiger partial charge in [0.05, 0.1) is 0 Å². The van der Waals surface area contributed by atoms with Gasteiger partial charge in [-0.25, -0.2) is 0 Å². The van der Waals surface area contributed by atoms with Crippen molar-refractivity contribution in [3.63, 3.8) is 0 Å². The van der Waals surface area contributed by atoms with Crippen LogP contribution in [0.25, 0.3) is 21.9 Å². The van der Waals surface area contributed by atoms with Crippen LogP contribution < -0.4 is 5.73 Å². The fourth-order valence-corrected chi connectivity index (χ4v) is 2.07. The van der Waals surface area contributed by atoms with E-state index in [2.05, 4.69) is 19.1 Å². The first-order valence-electron chi connectivity index (χ1n) is 6.93. The van der Waals surface area contributed by atoms with E-state index < -0.39 is 0 Å². The van der Waals surface area contributed by atoms with Crippen molar-refractivity contribution in [3.05, 3.63) is 48.5 Å². The highest BCUT2D eigenvalue weighted by atomic mass is 16.3. The van der Waals surface area contributed by atoms with Crippen molar-refractivity contribution in [2.24, 2.45) is 5.73 Å². The summed E-state index contributed by atoms with van der Waals surface area (Å²) < 4.78 is 5.65. The second-order valence-electron chi connectivity index (χ2n) is 4.59. The van der Waals surface area contributed by atoms with Crippen molar-refractivity contribution in [1.82, 2.24) is 0 Å². The minimum absolute atomic E-state index is 0.855. The number of furan rings is 1. The van der Waals surface area contributed by atoms with Gasteiger partial charge in [0, 0.05) is 10.8 Å². The van der Waals surface area contributed by atoms with E-state index in [1.807, 2.05) is 36.4 Å². The second-order valence-corrected chi connectivity index (χ2v) is 4.59. The van der Waals surface area contributed by atoms with Gasteiger partial charge < -0.3 is 10.2 Å². The molecule has 0 spiro atoms. The highest BCUT2D eigenvalue weighted by molar-refractivity contribution is 6.04. The Morgan fingerprint density at radius 3 is 1.79 bits per heavy atom. The topological polar surface area (TPSA) is 39.2 Å². The number of benzene rings is 2. The monoisotopic (exact) mass is 255 g/mol. The predicted octanol–water partition coefficient (Wildman–Crippen LogP) is 4.72. The molecular weight excluding hydrogens is 234 g/mol. The molecule has 0 aliphatic rings. The highest BCUT2D eigenvalue weighted by Gasteiger charge is 2.03. The molecule has 2 heteroatoms. The summed E-state index contributed by atoms with van der Waals surface area (Å²) in [6.45, 7) is 3.03. The molecule has 0 aliphatic heterocycles. The molecule has 0 aliphatic carbocycles. The van der Waals surface area contributed by atoms with Gasteiger partial charge in [0.15, 0.2) is 0 Å². The molecule has 1 heterocycles. The molecule has 0 saturated carbocycles. The molecule has 0 atom stereocenters. The SMILES string of the molecule is CCCCCN.c1ccc2c(c1)oc1ccccc12. The van der Waals surface area contributed by atoms with Gasteiger partial charge >= 0.3 is 0 Å². The lowest BCUT2D eigenvalue weighted by molar-refractivity contribution is 0.669. The Hall–Kier alpha value is -1.80. The van der Waals surface area contributed by atoms with Gasteiger partial charge in [-0.15, -0.1) is 0 Å². The van der Waals surface area contributed by atoms with Crippen LogP contribution in [0.15, 0.2) is 52.9 Å². The smallest absolute Gasteiger partial charge is 0.135 e. The fraction of sp³-hybridized carbons (Fsp3) is 0.294. The van der Waals surface area contributed by atoms with E-state index in [-0.39, 0.29) is 0 Å². The molecule has 0 fully saturated rings. The van der Waals surface area contributed by atoms with Crippen LogP contribution in [0.1, 0.15) is 26.2 Å². The molecule has 3 rings (SSSR count). The maximum atomic E-state index is 5.65. The van der Waals surface area contributed by atoms with Crippen molar-refractivity contribution in [2.75, 3.05) is 6.54 Å². The summed E-state index contributed by atoms with van der Waals surface area (Å²) in [5, 5.41) is 2.39. The summed E-state index contributed by atoms with van der Waals surface area (Å²) in [4.78, 5) is 0. The highest BCUT2D eigenvalue weighted by Crippen LogP contribution is 2.27. The van der Waals surface area contributed by atoms with Crippen LogP contribution in [0.5, 0.6) is 0 Å². The molecule has 2 nitrogen and oxygen atoms in total. The van der Waals surface area contributed by atoms with Gasteiger partial charge in [-0.2, -0.15) is 0 Å². The predicted molar refractivity (Wildman–Crippen MR) is 82.3 cm³/mol. The van der Waals surface area contributed by atoms with Crippen molar-refractivity contribution < 1.29 is 4.42 Å². The van der Waals surface area contributed by atoms with Crippen LogP contribution in [-0.4, -0.2) is 6.54 Å². The number of fused-ring (bicyclic) bond motifs is 3. The summed E-state index contributed by atoms with van der Waals surface area (Å²) in [6.07, 6.45) is 3.75. The van der Waals surface area contributed by atoms with E-state index in [0.29, 0.717) is 0 Å². The van der Waals surface area contributed by atoms with E-state index >= 15 is 0 Å². The summed E-state index contributed by atoms with van der Waals surface area (Å²) in [5.74, 6) is 0. The van der Waals surface area contributed by atoms with E-state index in [0.717, 1.165) is 17.7 Å². The lowest BCUT2D eigenvalue weighted by atomic mass is 10.2. The molecule has 0 bridgehead atoms. The Balaban J connectivity index is 0.000000192. The third-order valence-electron chi connectivity index (χ3n) is 3.09. The van der Waals surface area contributed by atoms with Gasteiger partial charge in [-0.1, -0.05) is 56.2 Å². The molecule has 19 heavy (non-hydrogen) atoms. The van der Waals surface area contributed by atoms with Crippen molar-refractivity contribution in [3.8, 4) is 0 Å². The van der Waals surface area contributed by atoms with Gasteiger partial charge in [0.25, 0.3) is 0 Å². The van der Waals surface area contributed by atoms with Gasteiger partial charge in [-0.05, 0) is 25.1 Å². The number of hydrogen-bond acceptors (Lipinski definition) is 2. The first kappa shape index (κ1) is 13.6. The Bertz CT molecular complexity index is 573. The van der Waals surface area contributed by atoms with Crippen molar-refractivity contribution in [1.29, 1.82) is 0 Å². The van der Waals surface area contributed by atoms with E-state index in [1.54, 1.807) is 0 Å². The van der Waals surface area contributed by atoms with Crippen molar-refractivity contribution >= 4 is 21.9 Å². The van der Waals surface area contributed by atoms with E-state index in [1.165, 1.54) is 30.0 Å². The average Bonchev–Trinajstić information content (AvgIpc) is 2.84. The molecule has 3 aromatic rings. The van der Waals surface area contributed by atoms with E-state index in [4.69, 9.17) is 10.2 Å². The van der Waals surface area contributed by atoms with Crippen LogP contribution in [-0.2, 0) is 0 Å². The largest absolute Gasteiger partial charge is 0.456 e. The maximum Gasteiger partial charge on any atom is 0.135 e. The molecule has 0 unspecified atom stereocenters. The second kappa shape index (κ2) is 6.95. The Kier molecular flexibility index (Phi) is 4.99. The van der Waals surface area contributed by atoms with Crippen LogP contribution in [0, 0.1) is 0 Å². The molecule has 0 amide bonds. The molecule has 0 saturated heterocycles. The normalized spacial score (nSPS) is 10.4. The molecule has 0 radical (unpaired) electrons. The quantitative estimate of drug-likeness (QED) is 0.688. The Morgan fingerprint density at radius 1 is 0.842 bits per heavy atom. The van der Waals surface area contributed by atoms with Crippen LogP contribution >= 0.6 is 0 Å². The summed E-state index contributed by atoms with van der Waals surface area (Å²) in [7, 11) is 0. The van der Waals surface area contributed by atoms with Crippen LogP contribution in [0.2, 0.25) is 0 Å². The first-order valence-corrected chi connectivity index (χ1v) is 6.93. The number of unbranched alkanes of at least 4 members (excludes halogenated alkanes) is 2. The molecule has 1 aromatic heterocycles. The molecule has 2 aromatic carbocycles. The van der Waals surface area contributed by atoms with Gasteiger partial charge in [0.1, 0.15) is 11.2 Å². The zero-order valence-corrected chi connectivity index (χ0v) is 11.4. The maximum absolute atomic E-state index is 5.65. The first-order chi connectivity index (χ1) is 9.36. The Morgan fingerprint density at radius 2 is 1.37 bits per heavy atom. The average molecular weight is 255 g/mol. The third-order valence-corrected chi connectivity index (χ3v) is 3.09. The van der Waals surface area contributed by atoms with Crippen LogP contribution in [0.3, 0.4) is 0 Å². The fourth-order valence-electron chi connectivity index (χ4n) is 2.07. The lowest BCUT2D eigenvalue weighted by Crippen LogP contribution is -1.96. The van der Waals surface area contributed by atoms with E-state index in [9.17, 15) is 0 Å². The molecule has 100 valence electrons. The zero-order chi connectivity index (χ0) is 13.5. The number of para-hydroxylation sites is 2. The number of rotatable bonds is 3. The molecule has 2 N–H and O–H groups in total. The number of hydrogen-bond donors (Lipinski definition) is 1. The Labute approximate surface area is 114 Å². The third kappa shape index (κ3) is 3.36. The minimum atomic E-state index is 0.855. The summed E-state index contributed by atoms with van der Waals surface area (Å²) in [5.41, 5.74) is 7.14. The number of nitrogens with two attached hydrogens (primary N) is 1. The standard InChI is InChI=1S/C12H8O.C5H13N/c1-3-7-11-9(5-1)10-6-2-4-8-12(10)13-11;1-2-3-4-5-6/h1-8H;2-6H2,1H3. The lowest BCUT2D eigenvalue weighted by Gasteiger charge is -1.86. The minimum Gasteiger partial charge on any atom is -0.456 e. The summed E-state index contributed by atoms with van der Waals surface area (Å²) >= 11 is 0.